The molecule has 0 atom stereocenters. The predicted octanol–water partition coefficient (Wildman–Crippen LogP) is 0.399. The van der Waals surface area contributed by atoms with Gasteiger partial charge in [0.2, 0.25) is 15.9 Å². The van der Waals surface area contributed by atoms with Gasteiger partial charge in [-0.1, -0.05) is 19.1 Å². The van der Waals surface area contributed by atoms with E-state index in [1.165, 1.54) is 12.1 Å². The molecule has 0 aromatic heterocycles. The fourth-order valence-electron chi connectivity index (χ4n) is 1.43. The Balaban J connectivity index is 2.75. The van der Waals surface area contributed by atoms with E-state index in [4.69, 9.17) is 0 Å². The molecular weight excluding hydrogens is 286 g/mol. The predicted molar refractivity (Wildman–Crippen MR) is 71.6 cm³/mol. The zero-order valence-electron chi connectivity index (χ0n) is 10.8. The van der Waals surface area contributed by atoms with Gasteiger partial charge in [0.05, 0.1) is 4.92 Å². The molecule has 110 valence electrons. The standard InChI is InChI=1S/C11H15N3O5S/c1-2-11(15)12-7-8-13-20(18,19)10-6-4-3-5-9(10)14(16)17/h3-6,13H,2,7-8H2,1H3,(H,12,15). The molecule has 1 amide bonds. The monoisotopic (exact) mass is 301 g/mol. The van der Waals surface area contributed by atoms with E-state index in [9.17, 15) is 23.3 Å². The number of carbonyl (C=O) groups excluding carboxylic acids is 1. The van der Waals surface area contributed by atoms with Gasteiger partial charge >= 0.3 is 0 Å². The zero-order chi connectivity index (χ0) is 15.2. The molecule has 0 heterocycles. The maximum absolute atomic E-state index is 11.9. The number of sulfonamides is 1. The third-order valence-corrected chi connectivity index (χ3v) is 3.92. The number of nitrogens with one attached hydrogen (secondary N) is 2. The molecule has 8 nitrogen and oxygen atoms in total. The molecule has 1 aromatic carbocycles. The van der Waals surface area contributed by atoms with Gasteiger partial charge in [-0.25, -0.2) is 13.1 Å². The third kappa shape index (κ3) is 4.28. The normalized spacial score (nSPS) is 11.1. The Labute approximate surface area is 116 Å². The molecule has 1 aromatic rings. The molecule has 0 aliphatic rings. The van der Waals surface area contributed by atoms with Gasteiger partial charge in [-0.15, -0.1) is 0 Å². The second kappa shape index (κ2) is 6.96. The third-order valence-electron chi connectivity index (χ3n) is 2.41. The van der Waals surface area contributed by atoms with Crippen LogP contribution in [0.5, 0.6) is 0 Å². The summed E-state index contributed by atoms with van der Waals surface area (Å²) in [6, 6.07) is 5.07. The minimum Gasteiger partial charge on any atom is -0.355 e. The van der Waals surface area contributed by atoms with Crippen LogP contribution in [0.3, 0.4) is 0 Å². The lowest BCUT2D eigenvalue weighted by Gasteiger charge is -2.07. The second-order valence-electron chi connectivity index (χ2n) is 3.83. The van der Waals surface area contributed by atoms with Crippen LogP contribution in [0.25, 0.3) is 0 Å². The van der Waals surface area contributed by atoms with Crippen LogP contribution in [0, 0.1) is 10.1 Å². The Bertz CT molecular complexity index is 600. The van der Waals surface area contributed by atoms with Crippen molar-refractivity contribution in [2.75, 3.05) is 13.1 Å². The van der Waals surface area contributed by atoms with Gasteiger partial charge in [0.1, 0.15) is 0 Å². The van der Waals surface area contributed by atoms with Gasteiger partial charge < -0.3 is 5.32 Å². The number of hydrogen-bond acceptors (Lipinski definition) is 5. The van der Waals surface area contributed by atoms with Crippen molar-refractivity contribution in [2.45, 2.75) is 18.2 Å². The Hall–Kier alpha value is -2.00. The summed E-state index contributed by atoms with van der Waals surface area (Å²) < 4.78 is 26.1. The maximum Gasteiger partial charge on any atom is 0.289 e. The summed E-state index contributed by atoms with van der Waals surface area (Å²) >= 11 is 0. The fraction of sp³-hybridized carbons (Fsp3) is 0.364. The smallest absolute Gasteiger partial charge is 0.289 e. The molecule has 0 radical (unpaired) electrons. The van der Waals surface area contributed by atoms with Crippen molar-refractivity contribution in [3.63, 3.8) is 0 Å². The van der Waals surface area contributed by atoms with Crippen LogP contribution >= 0.6 is 0 Å². The highest BCUT2D eigenvalue weighted by atomic mass is 32.2. The van der Waals surface area contributed by atoms with Crippen LogP contribution in [-0.2, 0) is 14.8 Å². The first-order valence-corrected chi connectivity index (χ1v) is 7.36. The minimum absolute atomic E-state index is 0.0415. The number of hydrogen-bond donors (Lipinski definition) is 2. The minimum atomic E-state index is -3.98. The Morgan fingerprint density at radius 1 is 1.30 bits per heavy atom. The first kappa shape index (κ1) is 16.1. The van der Waals surface area contributed by atoms with E-state index in [1.807, 2.05) is 0 Å². The number of para-hydroxylation sites is 1. The zero-order valence-corrected chi connectivity index (χ0v) is 11.6. The Kier molecular flexibility index (Phi) is 5.59. The van der Waals surface area contributed by atoms with Gasteiger partial charge in [0.15, 0.2) is 4.90 Å². The Morgan fingerprint density at radius 3 is 2.55 bits per heavy atom. The van der Waals surface area contributed by atoms with Crippen molar-refractivity contribution in [1.82, 2.24) is 10.0 Å². The van der Waals surface area contributed by atoms with Crippen LogP contribution < -0.4 is 10.0 Å². The molecule has 1 rings (SSSR count). The van der Waals surface area contributed by atoms with Crippen molar-refractivity contribution in [3.05, 3.63) is 34.4 Å². The van der Waals surface area contributed by atoms with Crippen molar-refractivity contribution < 1.29 is 18.1 Å². The van der Waals surface area contributed by atoms with E-state index < -0.39 is 25.5 Å². The molecule has 0 aliphatic heterocycles. The summed E-state index contributed by atoms with van der Waals surface area (Å²) in [5, 5.41) is 13.3. The molecule has 0 saturated heterocycles. The summed E-state index contributed by atoms with van der Waals surface area (Å²) in [7, 11) is -3.98. The van der Waals surface area contributed by atoms with Crippen molar-refractivity contribution in [3.8, 4) is 0 Å². The number of rotatable bonds is 7. The van der Waals surface area contributed by atoms with Crippen molar-refractivity contribution >= 4 is 21.6 Å². The van der Waals surface area contributed by atoms with Crippen molar-refractivity contribution in [1.29, 1.82) is 0 Å². The summed E-state index contributed by atoms with van der Waals surface area (Å²) in [6.07, 6.45) is 0.302. The average Bonchev–Trinajstić information content (AvgIpc) is 2.43. The van der Waals surface area contributed by atoms with E-state index in [1.54, 1.807) is 6.92 Å². The van der Waals surface area contributed by atoms with Gasteiger partial charge in [0.25, 0.3) is 5.69 Å². The van der Waals surface area contributed by atoms with Crippen LogP contribution in [0.4, 0.5) is 5.69 Å². The van der Waals surface area contributed by atoms with E-state index in [-0.39, 0.29) is 19.0 Å². The molecule has 20 heavy (non-hydrogen) atoms. The van der Waals surface area contributed by atoms with Crippen LogP contribution in [0.2, 0.25) is 0 Å². The SMILES string of the molecule is CCC(=O)NCCNS(=O)(=O)c1ccccc1[N+](=O)[O-]. The molecule has 0 saturated carbocycles. The molecule has 0 fully saturated rings. The van der Waals surface area contributed by atoms with E-state index >= 15 is 0 Å². The molecule has 0 spiro atoms. The van der Waals surface area contributed by atoms with Gasteiger partial charge in [0, 0.05) is 25.6 Å². The van der Waals surface area contributed by atoms with Gasteiger partial charge in [-0.05, 0) is 6.07 Å². The molecule has 2 N–H and O–H groups in total. The highest BCUT2D eigenvalue weighted by Gasteiger charge is 2.24. The highest BCUT2D eigenvalue weighted by Crippen LogP contribution is 2.22. The lowest BCUT2D eigenvalue weighted by atomic mass is 10.3. The van der Waals surface area contributed by atoms with Crippen LogP contribution in [0.1, 0.15) is 13.3 Å². The molecule has 0 aliphatic carbocycles. The summed E-state index contributed by atoms with van der Waals surface area (Å²) in [5.41, 5.74) is -0.488. The quantitative estimate of drug-likeness (QED) is 0.429. The van der Waals surface area contributed by atoms with Gasteiger partial charge in [-0.2, -0.15) is 0 Å². The van der Waals surface area contributed by atoms with E-state index in [2.05, 4.69) is 10.0 Å². The highest BCUT2D eigenvalue weighted by molar-refractivity contribution is 7.89. The number of carbonyl (C=O) groups is 1. The Morgan fingerprint density at radius 2 is 1.95 bits per heavy atom. The van der Waals surface area contributed by atoms with Crippen LogP contribution in [-0.4, -0.2) is 32.3 Å². The van der Waals surface area contributed by atoms with E-state index in [0.29, 0.717) is 6.42 Å². The maximum atomic E-state index is 11.9. The number of amides is 1. The lowest BCUT2D eigenvalue weighted by Crippen LogP contribution is -2.34. The first-order valence-electron chi connectivity index (χ1n) is 5.88. The average molecular weight is 301 g/mol. The number of nitro benzene ring substituents is 1. The van der Waals surface area contributed by atoms with Crippen LogP contribution in [0.15, 0.2) is 29.2 Å². The number of benzene rings is 1. The van der Waals surface area contributed by atoms with Crippen molar-refractivity contribution in [2.24, 2.45) is 0 Å². The first-order chi connectivity index (χ1) is 9.38. The van der Waals surface area contributed by atoms with Gasteiger partial charge in [-0.3, -0.25) is 14.9 Å². The molecule has 0 bridgehead atoms. The topological polar surface area (TPSA) is 118 Å². The second-order valence-corrected chi connectivity index (χ2v) is 5.56. The molecular formula is C11H15N3O5S. The molecule has 0 unspecified atom stereocenters. The lowest BCUT2D eigenvalue weighted by molar-refractivity contribution is -0.387. The fourth-order valence-corrected chi connectivity index (χ4v) is 2.63. The number of nitro groups is 1. The summed E-state index contributed by atoms with van der Waals surface area (Å²) in [5.74, 6) is -0.199. The largest absolute Gasteiger partial charge is 0.355 e. The van der Waals surface area contributed by atoms with E-state index in [0.717, 1.165) is 12.1 Å². The summed E-state index contributed by atoms with van der Waals surface area (Å²) in [6.45, 7) is 1.75. The summed E-state index contributed by atoms with van der Waals surface area (Å²) in [4.78, 5) is 20.6. The number of nitrogens with zero attached hydrogens (tertiary/aromatic N) is 1. The molecule has 9 heteroatoms.